The van der Waals surface area contributed by atoms with Crippen LogP contribution in [0.4, 0.5) is 0 Å². The third-order valence-electron chi connectivity index (χ3n) is 2.49. The zero-order chi connectivity index (χ0) is 12.1. The van der Waals surface area contributed by atoms with Crippen molar-refractivity contribution in [2.24, 2.45) is 0 Å². The van der Waals surface area contributed by atoms with Crippen molar-refractivity contribution >= 4 is 0 Å². The molecule has 1 aromatic heterocycles. The summed E-state index contributed by atoms with van der Waals surface area (Å²) in [5.41, 5.74) is 0.863. The molecule has 17 heavy (non-hydrogen) atoms. The molecule has 4 nitrogen and oxygen atoms in total. The Bertz CT molecular complexity index is 452. The van der Waals surface area contributed by atoms with E-state index in [0.29, 0.717) is 13.2 Å². The second-order valence-electron chi connectivity index (χ2n) is 3.87. The lowest BCUT2D eigenvalue weighted by atomic mass is 10.1. The van der Waals surface area contributed by atoms with Crippen molar-refractivity contribution in [2.45, 2.75) is 19.6 Å². The molecule has 0 radical (unpaired) electrons. The number of hydrogen-bond donors (Lipinski definition) is 1. The van der Waals surface area contributed by atoms with Crippen molar-refractivity contribution in [2.75, 3.05) is 6.61 Å². The summed E-state index contributed by atoms with van der Waals surface area (Å²) in [6, 6.07) is 9.38. The lowest BCUT2D eigenvalue weighted by Gasteiger charge is -2.09. The number of ether oxygens (including phenoxy) is 1. The highest BCUT2D eigenvalue weighted by Gasteiger charge is 2.02. The first-order chi connectivity index (χ1) is 8.25. The molecule has 1 unspecified atom stereocenters. The van der Waals surface area contributed by atoms with Gasteiger partial charge in [0, 0.05) is 12.4 Å². The second kappa shape index (κ2) is 5.50. The summed E-state index contributed by atoms with van der Waals surface area (Å²) in [5.74, 6) is 0.774. The SMILES string of the molecule is CC(O)c1cccc(OCCn2cccn2)c1. The van der Waals surface area contributed by atoms with Gasteiger partial charge in [0.1, 0.15) is 12.4 Å². The molecule has 1 aromatic carbocycles. The van der Waals surface area contributed by atoms with Crippen LogP contribution in [-0.4, -0.2) is 21.5 Å². The van der Waals surface area contributed by atoms with Gasteiger partial charge in [-0.1, -0.05) is 12.1 Å². The topological polar surface area (TPSA) is 47.3 Å². The number of rotatable bonds is 5. The molecular formula is C13H16N2O2. The minimum absolute atomic E-state index is 0.468. The molecule has 0 amide bonds. The van der Waals surface area contributed by atoms with Crippen molar-refractivity contribution < 1.29 is 9.84 Å². The maximum atomic E-state index is 9.45. The average Bonchev–Trinajstić information content (AvgIpc) is 2.82. The molecule has 1 heterocycles. The molecule has 4 heteroatoms. The molecule has 1 N–H and O–H groups in total. The van der Waals surface area contributed by atoms with E-state index in [9.17, 15) is 5.11 Å². The van der Waals surface area contributed by atoms with Gasteiger partial charge in [0.25, 0.3) is 0 Å². The molecule has 0 saturated heterocycles. The molecule has 2 rings (SSSR count). The van der Waals surface area contributed by atoms with Gasteiger partial charge in [-0.2, -0.15) is 5.10 Å². The van der Waals surface area contributed by atoms with Crippen LogP contribution in [0.15, 0.2) is 42.7 Å². The van der Waals surface area contributed by atoms with E-state index in [4.69, 9.17) is 4.74 Å². The van der Waals surface area contributed by atoms with E-state index < -0.39 is 6.10 Å². The lowest BCUT2D eigenvalue weighted by Crippen LogP contribution is -2.08. The lowest BCUT2D eigenvalue weighted by molar-refractivity contribution is 0.198. The van der Waals surface area contributed by atoms with Crippen molar-refractivity contribution in [3.05, 3.63) is 48.3 Å². The average molecular weight is 232 g/mol. The van der Waals surface area contributed by atoms with Crippen molar-refractivity contribution in [1.82, 2.24) is 9.78 Å². The van der Waals surface area contributed by atoms with E-state index >= 15 is 0 Å². The van der Waals surface area contributed by atoms with Crippen molar-refractivity contribution in [3.63, 3.8) is 0 Å². The third kappa shape index (κ3) is 3.32. The van der Waals surface area contributed by atoms with Gasteiger partial charge < -0.3 is 9.84 Å². The normalized spacial score (nSPS) is 12.4. The predicted molar refractivity (Wildman–Crippen MR) is 64.8 cm³/mol. The van der Waals surface area contributed by atoms with E-state index in [0.717, 1.165) is 11.3 Å². The Balaban J connectivity index is 1.88. The monoisotopic (exact) mass is 232 g/mol. The Hall–Kier alpha value is -1.81. The number of benzene rings is 1. The molecule has 0 aliphatic carbocycles. The third-order valence-corrected chi connectivity index (χ3v) is 2.49. The van der Waals surface area contributed by atoms with Gasteiger partial charge in [0.2, 0.25) is 0 Å². The Morgan fingerprint density at radius 2 is 2.29 bits per heavy atom. The Kier molecular flexibility index (Phi) is 3.77. The summed E-state index contributed by atoms with van der Waals surface area (Å²) < 4.78 is 7.42. The van der Waals surface area contributed by atoms with Gasteiger partial charge in [0.05, 0.1) is 12.6 Å². The summed E-state index contributed by atoms with van der Waals surface area (Å²) in [6.45, 7) is 3.01. The summed E-state index contributed by atoms with van der Waals surface area (Å²) in [5, 5.41) is 13.5. The Morgan fingerprint density at radius 1 is 1.41 bits per heavy atom. The highest BCUT2D eigenvalue weighted by molar-refractivity contribution is 5.29. The predicted octanol–water partition coefficient (Wildman–Crippen LogP) is 2.02. The van der Waals surface area contributed by atoms with Crippen LogP contribution in [0.1, 0.15) is 18.6 Å². The first kappa shape index (κ1) is 11.7. The van der Waals surface area contributed by atoms with Crippen molar-refractivity contribution in [3.8, 4) is 5.75 Å². The summed E-state index contributed by atoms with van der Waals surface area (Å²) in [4.78, 5) is 0. The van der Waals surface area contributed by atoms with Crippen LogP contribution in [0.25, 0.3) is 0 Å². The molecule has 1 atom stereocenters. The number of nitrogens with zero attached hydrogens (tertiary/aromatic N) is 2. The fraction of sp³-hybridized carbons (Fsp3) is 0.308. The van der Waals surface area contributed by atoms with E-state index in [2.05, 4.69) is 5.10 Å². The number of aromatic nitrogens is 2. The van der Waals surface area contributed by atoms with Crippen LogP contribution in [-0.2, 0) is 6.54 Å². The quantitative estimate of drug-likeness (QED) is 0.857. The smallest absolute Gasteiger partial charge is 0.119 e. The van der Waals surface area contributed by atoms with Crippen molar-refractivity contribution in [1.29, 1.82) is 0 Å². The van der Waals surface area contributed by atoms with Gasteiger partial charge in [0.15, 0.2) is 0 Å². The maximum absolute atomic E-state index is 9.45. The summed E-state index contributed by atoms with van der Waals surface area (Å²) in [6.07, 6.45) is 3.17. The molecule has 0 bridgehead atoms. The first-order valence-electron chi connectivity index (χ1n) is 5.64. The first-order valence-corrected chi connectivity index (χ1v) is 5.64. The fourth-order valence-electron chi connectivity index (χ4n) is 1.55. The molecule has 90 valence electrons. The number of aliphatic hydroxyl groups is 1. The van der Waals surface area contributed by atoms with Crippen LogP contribution in [0.5, 0.6) is 5.75 Å². The number of hydrogen-bond acceptors (Lipinski definition) is 3. The summed E-state index contributed by atoms with van der Waals surface area (Å²) in [7, 11) is 0. The maximum Gasteiger partial charge on any atom is 0.119 e. The van der Waals surface area contributed by atoms with Gasteiger partial charge in [-0.05, 0) is 30.7 Å². The van der Waals surface area contributed by atoms with Gasteiger partial charge >= 0.3 is 0 Å². The van der Waals surface area contributed by atoms with Gasteiger partial charge in [-0.25, -0.2) is 0 Å². The summed E-state index contributed by atoms with van der Waals surface area (Å²) >= 11 is 0. The highest BCUT2D eigenvalue weighted by Crippen LogP contribution is 2.18. The highest BCUT2D eigenvalue weighted by atomic mass is 16.5. The second-order valence-corrected chi connectivity index (χ2v) is 3.87. The van der Waals surface area contributed by atoms with E-state index in [-0.39, 0.29) is 0 Å². The zero-order valence-corrected chi connectivity index (χ0v) is 9.78. The number of aliphatic hydroxyl groups excluding tert-OH is 1. The van der Waals surface area contributed by atoms with Crippen LogP contribution >= 0.6 is 0 Å². The zero-order valence-electron chi connectivity index (χ0n) is 9.78. The molecule has 0 fully saturated rings. The molecule has 2 aromatic rings. The molecule has 0 aliphatic rings. The Morgan fingerprint density at radius 3 is 3.00 bits per heavy atom. The van der Waals surface area contributed by atoms with Crippen LogP contribution in [0, 0.1) is 0 Å². The van der Waals surface area contributed by atoms with E-state index in [1.54, 1.807) is 13.1 Å². The van der Waals surface area contributed by atoms with Crippen LogP contribution < -0.4 is 4.74 Å². The minimum atomic E-state index is -0.468. The Labute approximate surface area is 100 Å². The van der Waals surface area contributed by atoms with Gasteiger partial charge in [-0.3, -0.25) is 4.68 Å². The van der Waals surface area contributed by atoms with E-state index in [1.807, 2.05) is 41.2 Å². The molecular weight excluding hydrogens is 216 g/mol. The standard InChI is InChI=1S/C13H16N2O2/c1-11(16)12-4-2-5-13(10-12)17-9-8-15-7-3-6-14-15/h2-7,10-11,16H,8-9H2,1H3. The molecule has 0 aliphatic heterocycles. The van der Waals surface area contributed by atoms with Crippen LogP contribution in [0.2, 0.25) is 0 Å². The largest absolute Gasteiger partial charge is 0.492 e. The fourth-order valence-corrected chi connectivity index (χ4v) is 1.55. The van der Waals surface area contributed by atoms with E-state index in [1.165, 1.54) is 0 Å². The molecule has 0 saturated carbocycles. The molecule has 0 spiro atoms. The minimum Gasteiger partial charge on any atom is -0.492 e. The van der Waals surface area contributed by atoms with Gasteiger partial charge in [-0.15, -0.1) is 0 Å². The van der Waals surface area contributed by atoms with Crippen LogP contribution in [0.3, 0.4) is 0 Å².